The summed E-state index contributed by atoms with van der Waals surface area (Å²) < 4.78 is 1.91. The second-order valence-electron chi connectivity index (χ2n) is 6.25. The summed E-state index contributed by atoms with van der Waals surface area (Å²) >= 11 is 13.4. The summed E-state index contributed by atoms with van der Waals surface area (Å²) in [6.45, 7) is 4.05. The lowest BCUT2D eigenvalue weighted by Crippen LogP contribution is -2.15. The van der Waals surface area contributed by atoms with Gasteiger partial charge in [0, 0.05) is 24.7 Å². The Kier molecular flexibility index (Phi) is 7.36. The Morgan fingerprint density at radius 3 is 2.60 bits per heavy atom. The first kappa shape index (κ1) is 22.1. The lowest BCUT2D eigenvalue weighted by Gasteiger charge is -2.10. The number of nitrogens with one attached hydrogen (secondary N) is 2. The largest absolute Gasteiger partial charge is 0.326 e. The number of carbonyl (C=O) groups excluding carboxylic acids is 2. The van der Waals surface area contributed by atoms with Crippen LogP contribution < -0.4 is 10.6 Å². The van der Waals surface area contributed by atoms with Gasteiger partial charge in [-0.25, -0.2) is 0 Å². The highest BCUT2D eigenvalue weighted by atomic mass is 35.5. The molecule has 0 saturated heterocycles. The highest BCUT2D eigenvalue weighted by molar-refractivity contribution is 7.99. The molecule has 0 fully saturated rings. The first-order valence-electron chi connectivity index (χ1n) is 9.07. The zero-order valence-corrected chi connectivity index (χ0v) is 18.6. The third-order valence-electron chi connectivity index (χ3n) is 4.03. The predicted octanol–water partition coefficient (Wildman–Crippen LogP) is 4.96. The van der Waals surface area contributed by atoms with Gasteiger partial charge in [0.25, 0.3) is 0 Å². The Bertz CT molecular complexity index is 1090. The molecule has 7 nitrogen and oxygen atoms in total. The Balaban J connectivity index is 1.72. The van der Waals surface area contributed by atoms with E-state index in [1.54, 1.807) is 24.3 Å². The Hall–Kier alpha value is -2.55. The van der Waals surface area contributed by atoms with Gasteiger partial charge in [0.15, 0.2) is 11.0 Å². The number of amides is 2. The van der Waals surface area contributed by atoms with Crippen molar-refractivity contribution in [3.8, 4) is 11.4 Å². The monoisotopic (exact) mass is 463 g/mol. The predicted molar refractivity (Wildman–Crippen MR) is 121 cm³/mol. The molecule has 3 rings (SSSR count). The minimum Gasteiger partial charge on any atom is -0.326 e. The van der Waals surface area contributed by atoms with E-state index in [9.17, 15) is 9.59 Å². The number of anilines is 2. The van der Waals surface area contributed by atoms with Crippen LogP contribution in [0.4, 0.5) is 11.4 Å². The fourth-order valence-electron chi connectivity index (χ4n) is 2.75. The molecular weight excluding hydrogens is 445 g/mol. The number of halogens is 2. The van der Waals surface area contributed by atoms with E-state index >= 15 is 0 Å². The van der Waals surface area contributed by atoms with Crippen molar-refractivity contribution in [1.82, 2.24) is 14.8 Å². The molecule has 2 amide bonds. The van der Waals surface area contributed by atoms with Gasteiger partial charge in [-0.3, -0.25) is 9.59 Å². The summed E-state index contributed by atoms with van der Waals surface area (Å²) in [5.41, 5.74) is 1.96. The summed E-state index contributed by atoms with van der Waals surface area (Å²) in [5.74, 6) is 0.410. The second-order valence-corrected chi connectivity index (χ2v) is 7.98. The molecule has 0 aliphatic carbocycles. The zero-order valence-electron chi connectivity index (χ0n) is 16.3. The van der Waals surface area contributed by atoms with Gasteiger partial charge in [-0.1, -0.05) is 53.2 Å². The normalized spacial score (nSPS) is 10.7. The van der Waals surface area contributed by atoms with Crippen LogP contribution >= 0.6 is 35.0 Å². The van der Waals surface area contributed by atoms with Crippen LogP contribution in [0.3, 0.4) is 0 Å². The molecule has 1 aromatic heterocycles. The molecule has 10 heteroatoms. The molecule has 0 bridgehead atoms. The number of hydrogen-bond donors (Lipinski definition) is 2. The standard InChI is InChI=1S/C20H19Cl2N5O2S/c1-3-27-19(13-6-4-7-14(10-13)23-12(2)28)25-26-20(27)30-11-17(29)24-16-9-5-8-15(21)18(16)22/h4-10H,3,11H2,1-2H3,(H,23,28)(H,24,29). The van der Waals surface area contributed by atoms with Crippen LogP contribution in [-0.4, -0.2) is 32.3 Å². The van der Waals surface area contributed by atoms with Crippen molar-refractivity contribution >= 4 is 58.2 Å². The van der Waals surface area contributed by atoms with Crippen molar-refractivity contribution in [3.05, 3.63) is 52.5 Å². The molecular formula is C20H19Cl2N5O2S. The van der Waals surface area contributed by atoms with Crippen molar-refractivity contribution in [3.63, 3.8) is 0 Å². The van der Waals surface area contributed by atoms with Gasteiger partial charge in [-0.05, 0) is 31.2 Å². The van der Waals surface area contributed by atoms with Gasteiger partial charge < -0.3 is 15.2 Å². The van der Waals surface area contributed by atoms with Gasteiger partial charge in [0.05, 0.1) is 21.5 Å². The molecule has 1 heterocycles. The average Bonchev–Trinajstić information content (AvgIpc) is 3.12. The molecule has 2 N–H and O–H groups in total. The molecule has 0 atom stereocenters. The summed E-state index contributed by atoms with van der Waals surface area (Å²) in [5, 5.41) is 15.3. The lowest BCUT2D eigenvalue weighted by atomic mass is 10.2. The minimum absolute atomic E-state index is 0.132. The zero-order chi connectivity index (χ0) is 21.7. The van der Waals surface area contributed by atoms with E-state index in [0.29, 0.717) is 38.9 Å². The van der Waals surface area contributed by atoms with E-state index < -0.39 is 0 Å². The summed E-state index contributed by atoms with van der Waals surface area (Å²) in [6, 6.07) is 12.4. The van der Waals surface area contributed by atoms with Crippen LogP contribution in [0.2, 0.25) is 10.0 Å². The van der Waals surface area contributed by atoms with Gasteiger partial charge >= 0.3 is 0 Å². The van der Waals surface area contributed by atoms with E-state index in [4.69, 9.17) is 23.2 Å². The average molecular weight is 464 g/mol. The molecule has 0 radical (unpaired) electrons. The van der Waals surface area contributed by atoms with Crippen LogP contribution in [0, 0.1) is 0 Å². The van der Waals surface area contributed by atoms with Crippen LogP contribution in [0.15, 0.2) is 47.6 Å². The lowest BCUT2D eigenvalue weighted by molar-refractivity contribution is -0.114. The summed E-state index contributed by atoms with van der Waals surface area (Å²) in [7, 11) is 0. The third-order valence-corrected chi connectivity index (χ3v) is 5.82. The van der Waals surface area contributed by atoms with E-state index in [1.807, 2.05) is 29.7 Å². The summed E-state index contributed by atoms with van der Waals surface area (Å²) in [6.07, 6.45) is 0. The number of rotatable bonds is 7. The fraction of sp³-hybridized carbons (Fsp3) is 0.200. The number of thioether (sulfide) groups is 1. The molecule has 30 heavy (non-hydrogen) atoms. The first-order chi connectivity index (χ1) is 14.4. The van der Waals surface area contributed by atoms with Crippen molar-refractivity contribution in [2.24, 2.45) is 0 Å². The van der Waals surface area contributed by atoms with Crippen molar-refractivity contribution in [1.29, 1.82) is 0 Å². The number of hydrogen-bond acceptors (Lipinski definition) is 5. The number of benzene rings is 2. The summed E-state index contributed by atoms with van der Waals surface area (Å²) in [4.78, 5) is 23.6. The maximum atomic E-state index is 12.3. The van der Waals surface area contributed by atoms with E-state index in [0.717, 1.165) is 5.56 Å². The first-order valence-corrected chi connectivity index (χ1v) is 10.8. The molecule has 0 aliphatic rings. The van der Waals surface area contributed by atoms with Crippen LogP contribution in [0.1, 0.15) is 13.8 Å². The molecule has 0 spiro atoms. The molecule has 3 aromatic rings. The van der Waals surface area contributed by atoms with Gasteiger partial charge in [0.1, 0.15) is 0 Å². The fourth-order valence-corrected chi connectivity index (χ4v) is 3.90. The molecule has 0 aliphatic heterocycles. The Morgan fingerprint density at radius 1 is 1.10 bits per heavy atom. The molecule has 156 valence electrons. The highest BCUT2D eigenvalue weighted by Crippen LogP contribution is 2.30. The molecule has 0 saturated carbocycles. The number of aromatic nitrogens is 3. The minimum atomic E-state index is -0.232. The van der Waals surface area contributed by atoms with Gasteiger partial charge in [-0.15, -0.1) is 10.2 Å². The maximum absolute atomic E-state index is 12.3. The number of carbonyl (C=O) groups is 2. The second kappa shape index (κ2) is 9.97. The Morgan fingerprint density at radius 2 is 1.87 bits per heavy atom. The molecule has 2 aromatic carbocycles. The quantitative estimate of drug-likeness (QED) is 0.483. The van der Waals surface area contributed by atoms with Crippen LogP contribution in [-0.2, 0) is 16.1 Å². The Labute approximate surface area is 188 Å². The van der Waals surface area contributed by atoms with E-state index in [2.05, 4.69) is 20.8 Å². The van der Waals surface area contributed by atoms with Crippen LogP contribution in [0.25, 0.3) is 11.4 Å². The topological polar surface area (TPSA) is 88.9 Å². The number of nitrogens with zero attached hydrogens (tertiary/aromatic N) is 3. The third kappa shape index (κ3) is 5.33. The van der Waals surface area contributed by atoms with Crippen LogP contribution in [0.5, 0.6) is 0 Å². The van der Waals surface area contributed by atoms with Crippen molar-refractivity contribution in [2.75, 3.05) is 16.4 Å². The van der Waals surface area contributed by atoms with Gasteiger partial charge in [0.2, 0.25) is 11.8 Å². The van der Waals surface area contributed by atoms with Crippen molar-refractivity contribution in [2.45, 2.75) is 25.5 Å². The van der Waals surface area contributed by atoms with Gasteiger partial charge in [-0.2, -0.15) is 0 Å². The van der Waals surface area contributed by atoms with E-state index in [-0.39, 0.29) is 17.6 Å². The highest BCUT2D eigenvalue weighted by Gasteiger charge is 2.16. The van der Waals surface area contributed by atoms with Crippen molar-refractivity contribution < 1.29 is 9.59 Å². The van der Waals surface area contributed by atoms with E-state index in [1.165, 1.54) is 18.7 Å². The molecule has 0 unspecified atom stereocenters. The maximum Gasteiger partial charge on any atom is 0.234 e. The smallest absolute Gasteiger partial charge is 0.234 e. The SMILES string of the molecule is CCn1c(SCC(=O)Nc2cccc(Cl)c2Cl)nnc1-c1cccc(NC(C)=O)c1.